The van der Waals surface area contributed by atoms with E-state index in [1.165, 1.54) is 0 Å². The van der Waals surface area contributed by atoms with Crippen LogP contribution in [0, 0.1) is 0 Å². The molecule has 1 aliphatic heterocycles. The van der Waals surface area contributed by atoms with Crippen molar-refractivity contribution < 1.29 is 8.42 Å². The van der Waals surface area contributed by atoms with E-state index in [1.807, 2.05) is 30.3 Å². The molecule has 0 aliphatic carbocycles. The highest BCUT2D eigenvalue weighted by Crippen LogP contribution is 2.41. The quantitative estimate of drug-likeness (QED) is 0.532. The summed E-state index contributed by atoms with van der Waals surface area (Å²) in [6.45, 7) is 0. The minimum absolute atomic E-state index is 0.153. The Balaban J connectivity index is 2.08. The standard InChI is InChI=1S/C13H9N5O2S/c19-21(20)12-9-5-4-8-11(12)17(10-6-2-1-3-7-10)13-14-15-16-18(13)21/h1-9H. The van der Waals surface area contributed by atoms with Gasteiger partial charge in [-0.15, -0.1) is 0 Å². The van der Waals surface area contributed by atoms with E-state index in [4.69, 9.17) is 0 Å². The molecule has 0 bridgehead atoms. The third kappa shape index (κ3) is 1.59. The van der Waals surface area contributed by atoms with Crippen molar-refractivity contribution in [2.24, 2.45) is 0 Å². The summed E-state index contributed by atoms with van der Waals surface area (Å²) in [6, 6.07) is 16.1. The van der Waals surface area contributed by atoms with Gasteiger partial charge in [0.05, 0.1) is 5.69 Å². The van der Waals surface area contributed by atoms with Crippen molar-refractivity contribution in [2.75, 3.05) is 4.90 Å². The second-order valence-electron chi connectivity index (χ2n) is 4.47. The molecule has 0 unspecified atom stereocenters. The molecule has 1 aromatic heterocycles. The lowest BCUT2D eigenvalue weighted by Gasteiger charge is -2.28. The molecule has 2 heterocycles. The Morgan fingerprint density at radius 3 is 2.43 bits per heavy atom. The number of para-hydroxylation sites is 2. The van der Waals surface area contributed by atoms with Crippen molar-refractivity contribution in [3.8, 4) is 0 Å². The fourth-order valence-corrected chi connectivity index (χ4v) is 3.68. The van der Waals surface area contributed by atoms with Gasteiger partial charge in [0, 0.05) is 5.69 Å². The highest BCUT2D eigenvalue weighted by molar-refractivity contribution is 7.90. The van der Waals surface area contributed by atoms with E-state index >= 15 is 0 Å². The second-order valence-corrected chi connectivity index (χ2v) is 6.20. The van der Waals surface area contributed by atoms with Crippen molar-refractivity contribution >= 4 is 27.3 Å². The maximum atomic E-state index is 12.5. The number of nitrogens with zero attached hydrogens (tertiary/aromatic N) is 5. The fraction of sp³-hybridized carbons (Fsp3) is 0. The zero-order valence-electron chi connectivity index (χ0n) is 10.7. The zero-order chi connectivity index (χ0) is 14.4. The van der Waals surface area contributed by atoms with Crippen molar-refractivity contribution in [1.29, 1.82) is 0 Å². The summed E-state index contributed by atoms with van der Waals surface area (Å²) in [6.07, 6.45) is 0. The van der Waals surface area contributed by atoms with Crippen molar-refractivity contribution in [2.45, 2.75) is 4.90 Å². The van der Waals surface area contributed by atoms with Crippen LogP contribution >= 0.6 is 0 Å². The van der Waals surface area contributed by atoms with E-state index in [-0.39, 0.29) is 10.8 Å². The molecule has 0 N–H and O–H groups in total. The summed E-state index contributed by atoms with van der Waals surface area (Å²) in [4.78, 5) is 1.89. The lowest BCUT2D eigenvalue weighted by atomic mass is 10.2. The molecule has 1 aliphatic rings. The molecule has 0 fully saturated rings. The third-order valence-corrected chi connectivity index (χ3v) is 4.85. The summed E-state index contributed by atoms with van der Waals surface area (Å²) < 4.78 is 25.9. The van der Waals surface area contributed by atoms with Crippen LogP contribution in [0.4, 0.5) is 17.3 Å². The number of aromatic nitrogens is 4. The molecule has 0 spiro atoms. The Morgan fingerprint density at radius 2 is 1.62 bits per heavy atom. The number of rotatable bonds is 1. The average molecular weight is 299 g/mol. The molecular weight excluding hydrogens is 290 g/mol. The van der Waals surface area contributed by atoms with Gasteiger partial charge in [0.1, 0.15) is 4.90 Å². The number of anilines is 3. The van der Waals surface area contributed by atoms with Gasteiger partial charge in [0.15, 0.2) is 0 Å². The molecule has 21 heavy (non-hydrogen) atoms. The molecule has 0 radical (unpaired) electrons. The largest absolute Gasteiger partial charge is 0.289 e. The van der Waals surface area contributed by atoms with Crippen molar-refractivity contribution in [3.63, 3.8) is 0 Å². The molecule has 0 atom stereocenters. The van der Waals surface area contributed by atoms with E-state index in [9.17, 15) is 8.42 Å². The predicted octanol–water partition coefficient (Wildman–Crippen LogP) is 1.69. The SMILES string of the molecule is O=S1(=O)c2ccccc2N(c2ccccc2)c2nnnn21. The van der Waals surface area contributed by atoms with Gasteiger partial charge < -0.3 is 0 Å². The first-order valence-corrected chi connectivity index (χ1v) is 7.62. The number of hydrogen-bond donors (Lipinski definition) is 0. The molecule has 0 amide bonds. The molecule has 8 heteroatoms. The number of hydrogen-bond acceptors (Lipinski definition) is 6. The minimum Gasteiger partial charge on any atom is -0.276 e. The van der Waals surface area contributed by atoms with Gasteiger partial charge in [-0.3, -0.25) is 4.90 Å². The smallest absolute Gasteiger partial charge is 0.276 e. The summed E-state index contributed by atoms with van der Waals surface area (Å²) in [5, 5.41) is 11.0. The van der Waals surface area contributed by atoms with Crippen LogP contribution in [0.1, 0.15) is 0 Å². The van der Waals surface area contributed by atoms with Crippen molar-refractivity contribution in [1.82, 2.24) is 19.6 Å². The first-order valence-electron chi connectivity index (χ1n) is 6.18. The molecule has 7 nitrogen and oxygen atoms in total. The third-order valence-electron chi connectivity index (χ3n) is 3.25. The monoisotopic (exact) mass is 299 g/mol. The highest BCUT2D eigenvalue weighted by atomic mass is 32.2. The highest BCUT2D eigenvalue weighted by Gasteiger charge is 2.36. The molecule has 0 saturated heterocycles. The maximum Gasteiger partial charge on any atom is 0.289 e. The Morgan fingerprint density at radius 1 is 0.905 bits per heavy atom. The maximum absolute atomic E-state index is 12.5. The molecular formula is C13H9N5O2S. The van der Waals surface area contributed by atoms with Crippen LogP contribution in [0.15, 0.2) is 59.5 Å². The Hall–Kier alpha value is -2.74. The lowest BCUT2D eigenvalue weighted by molar-refractivity contribution is 0.575. The molecule has 104 valence electrons. The van der Waals surface area contributed by atoms with Crippen LogP contribution in [0.3, 0.4) is 0 Å². The first kappa shape index (κ1) is 12.0. The van der Waals surface area contributed by atoms with Gasteiger partial charge in [-0.1, -0.05) is 39.5 Å². The van der Waals surface area contributed by atoms with Crippen LogP contribution in [-0.4, -0.2) is 28.0 Å². The second kappa shape index (κ2) is 4.13. The van der Waals surface area contributed by atoms with Crippen LogP contribution in [-0.2, 0) is 10.0 Å². The predicted molar refractivity (Wildman–Crippen MR) is 75.1 cm³/mol. The van der Waals surface area contributed by atoms with Crippen LogP contribution in [0.2, 0.25) is 0 Å². The fourth-order valence-electron chi connectivity index (χ4n) is 2.35. The average Bonchev–Trinajstić information content (AvgIpc) is 2.99. The van der Waals surface area contributed by atoms with Gasteiger partial charge >= 0.3 is 0 Å². The van der Waals surface area contributed by atoms with Gasteiger partial charge in [-0.05, 0) is 34.7 Å². The molecule has 3 aromatic rings. The van der Waals surface area contributed by atoms with Crippen LogP contribution in [0.5, 0.6) is 0 Å². The Bertz CT molecular complexity index is 920. The van der Waals surface area contributed by atoms with Crippen LogP contribution in [0.25, 0.3) is 0 Å². The van der Waals surface area contributed by atoms with Gasteiger partial charge in [0.2, 0.25) is 0 Å². The van der Waals surface area contributed by atoms with E-state index in [0.29, 0.717) is 5.69 Å². The number of fused-ring (bicyclic) bond motifs is 2. The minimum atomic E-state index is -3.76. The zero-order valence-corrected chi connectivity index (χ0v) is 11.5. The normalized spacial score (nSPS) is 15.3. The van der Waals surface area contributed by atoms with E-state index in [1.54, 1.807) is 29.2 Å². The summed E-state index contributed by atoms with van der Waals surface area (Å²) in [7, 11) is -3.76. The Labute approximate surface area is 120 Å². The molecule has 4 rings (SSSR count). The van der Waals surface area contributed by atoms with Gasteiger partial charge in [0.25, 0.3) is 16.0 Å². The topological polar surface area (TPSA) is 81.0 Å². The number of tetrazole rings is 1. The summed E-state index contributed by atoms with van der Waals surface area (Å²) >= 11 is 0. The van der Waals surface area contributed by atoms with E-state index < -0.39 is 10.0 Å². The summed E-state index contributed by atoms with van der Waals surface area (Å²) in [5.74, 6) is 0.153. The van der Waals surface area contributed by atoms with Gasteiger partial charge in [-0.25, -0.2) is 0 Å². The van der Waals surface area contributed by atoms with Gasteiger partial charge in [-0.2, -0.15) is 8.42 Å². The molecule has 0 saturated carbocycles. The molecule has 2 aromatic carbocycles. The van der Waals surface area contributed by atoms with E-state index in [0.717, 1.165) is 9.77 Å². The van der Waals surface area contributed by atoms with E-state index in [2.05, 4.69) is 15.5 Å². The summed E-state index contributed by atoms with van der Waals surface area (Å²) in [5.41, 5.74) is 1.32. The van der Waals surface area contributed by atoms with Crippen LogP contribution < -0.4 is 4.90 Å². The first-order chi connectivity index (χ1) is 10.2. The number of benzene rings is 2. The van der Waals surface area contributed by atoms with Crippen molar-refractivity contribution in [3.05, 3.63) is 54.6 Å². The Kier molecular flexibility index (Phi) is 2.36. The lowest BCUT2D eigenvalue weighted by Crippen LogP contribution is -2.28.